The predicted molar refractivity (Wildman–Crippen MR) is 162 cm³/mol. The molecule has 0 aliphatic carbocycles. The third-order valence-electron chi connectivity index (χ3n) is 5.34. The molecule has 0 bridgehead atoms. The Hall–Kier alpha value is -3.70. The van der Waals surface area contributed by atoms with Crippen LogP contribution in [0.15, 0.2) is 83.4 Å². The Balaban J connectivity index is 1.46. The summed E-state index contributed by atoms with van der Waals surface area (Å²) < 4.78 is 0. The first-order valence-electron chi connectivity index (χ1n) is 11.9. The largest absolute Gasteiger partial charge is 0.321 e. The van der Waals surface area contributed by atoms with Gasteiger partial charge in [-0.15, -0.1) is 22.0 Å². The minimum Gasteiger partial charge on any atom is -0.321 e. The lowest BCUT2D eigenvalue weighted by atomic mass is 10.1. The van der Waals surface area contributed by atoms with Crippen molar-refractivity contribution < 1.29 is 14.4 Å². The zero-order valence-electron chi connectivity index (χ0n) is 21.3. The van der Waals surface area contributed by atoms with E-state index in [1.807, 2.05) is 6.92 Å². The van der Waals surface area contributed by atoms with E-state index >= 15 is 0 Å². The van der Waals surface area contributed by atoms with Crippen LogP contribution in [0.25, 0.3) is 6.08 Å². The van der Waals surface area contributed by atoms with Gasteiger partial charge >= 0.3 is 0 Å². The Morgan fingerprint density at radius 1 is 0.950 bits per heavy atom. The average molecular weight is 613 g/mol. The van der Waals surface area contributed by atoms with Gasteiger partial charge in [-0.25, -0.2) is 0 Å². The summed E-state index contributed by atoms with van der Waals surface area (Å²) in [5.74, 6) is -1.19. The first-order valence-corrected chi connectivity index (χ1v) is 14.4. The van der Waals surface area contributed by atoms with E-state index in [4.69, 9.17) is 23.2 Å². The Morgan fingerprint density at radius 3 is 2.33 bits per heavy atom. The molecule has 0 aliphatic rings. The molecule has 4 rings (SSSR count). The van der Waals surface area contributed by atoms with Gasteiger partial charge in [0.05, 0.1) is 5.25 Å². The van der Waals surface area contributed by atoms with Crippen LogP contribution in [0.5, 0.6) is 0 Å². The van der Waals surface area contributed by atoms with Gasteiger partial charge in [-0.05, 0) is 74.0 Å². The van der Waals surface area contributed by atoms with Crippen molar-refractivity contribution in [3.05, 3.63) is 105 Å². The van der Waals surface area contributed by atoms with Crippen molar-refractivity contribution in [1.82, 2.24) is 15.5 Å². The molecule has 40 heavy (non-hydrogen) atoms. The van der Waals surface area contributed by atoms with Crippen molar-refractivity contribution in [1.29, 1.82) is 0 Å². The molecule has 8 nitrogen and oxygen atoms in total. The minimum absolute atomic E-state index is 0.00580. The Bertz CT molecular complexity index is 1560. The molecule has 1 heterocycles. The number of hydrogen-bond acceptors (Lipinski definition) is 7. The molecular weight excluding hydrogens is 589 g/mol. The van der Waals surface area contributed by atoms with Crippen LogP contribution >= 0.6 is 46.3 Å². The van der Waals surface area contributed by atoms with Gasteiger partial charge in [0.15, 0.2) is 0 Å². The molecule has 0 aliphatic heterocycles. The van der Waals surface area contributed by atoms with Gasteiger partial charge in [-0.2, -0.15) is 0 Å². The highest BCUT2D eigenvalue weighted by Crippen LogP contribution is 2.27. The number of aromatic nitrogens is 2. The SMILES string of the molecule is Cc1nnc(NC(=O)C(C)Sc2ccc(NC(=O)/C(=C/c3ccc(Cl)cc3Cl)NC(=O)c3ccccc3)cc2)s1. The van der Waals surface area contributed by atoms with Crippen molar-refractivity contribution in [2.45, 2.75) is 24.0 Å². The molecule has 3 N–H and O–H groups in total. The van der Waals surface area contributed by atoms with E-state index in [2.05, 4.69) is 26.1 Å². The van der Waals surface area contributed by atoms with Crippen LogP contribution in [0.2, 0.25) is 10.0 Å². The van der Waals surface area contributed by atoms with Crippen molar-refractivity contribution in [3.8, 4) is 0 Å². The average Bonchev–Trinajstić information content (AvgIpc) is 3.35. The van der Waals surface area contributed by atoms with Gasteiger partial charge in [0.2, 0.25) is 11.0 Å². The van der Waals surface area contributed by atoms with E-state index in [0.29, 0.717) is 32.0 Å². The molecule has 204 valence electrons. The number of halogens is 2. The summed E-state index contributed by atoms with van der Waals surface area (Å²) in [7, 11) is 0. The van der Waals surface area contributed by atoms with Crippen molar-refractivity contribution in [2.24, 2.45) is 0 Å². The van der Waals surface area contributed by atoms with Crippen LogP contribution in [-0.2, 0) is 9.59 Å². The topological polar surface area (TPSA) is 113 Å². The van der Waals surface area contributed by atoms with Crippen LogP contribution in [0.1, 0.15) is 27.9 Å². The predicted octanol–water partition coefficient (Wildman–Crippen LogP) is 6.68. The first kappa shape index (κ1) is 29.3. The number of nitrogens with zero attached hydrogens (tertiary/aromatic N) is 2. The number of aryl methyl sites for hydroxylation is 1. The molecule has 0 fully saturated rings. The van der Waals surface area contributed by atoms with Gasteiger partial charge < -0.3 is 10.6 Å². The lowest BCUT2D eigenvalue weighted by Crippen LogP contribution is -2.30. The number of amides is 3. The van der Waals surface area contributed by atoms with Crippen molar-refractivity contribution in [3.63, 3.8) is 0 Å². The van der Waals surface area contributed by atoms with Gasteiger partial charge in [-0.3, -0.25) is 19.7 Å². The molecule has 4 aromatic rings. The number of rotatable bonds is 9. The summed E-state index contributed by atoms with van der Waals surface area (Å²) in [5.41, 5.74) is 1.39. The quantitative estimate of drug-likeness (QED) is 0.144. The van der Waals surface area contributed by atoms with E-state index in [9.17, 15) is 14.4 Å². The molecule has 1 atom stereocenters. The Morgan fingerprint density at radius 2 is 1.68 bits per heavy atom. The molecule has 0 saturated carbocycles. The molecular formula is C28H23Cl2N5O3S2. The number of hydrogen-bond donors (Lipinski definition) is 3. The van der Waals surface area contributed by atoms with Crippen LogP contribution in [-0.4, -0.2) is 33.2 Å². The molecule has 1 aromatic heterocycles. The zero-order valence-corrected chi connectivity index (χ0v) is 24.4. The maximum atomic E-state index is 13.3. The van der Waals surface area contributed by atoms with Gasteiger partial charge in [-0.1, -0.05) is 58.8 Å². The van der Waals surface area contributed by atoms with E-state index in [-0.39, 0.29) is 11.6 Å². The third kappa shape index (κ3) is 8.15. The van der Waals surface area contributed by atoms with E-state index < -0.39 is 17.1 Å². The van der Waals surface area contributed by atoms with Crippen LogP contribution < -0.4 is 16.0 Å². The highest BCUT2D eigenvalue weighted by Gasteiger charge is 2.18. The molecule has 0 saturated heterocycles. The summed E-state index contributed by atoms with van der Waals surface area (Å²) in [6, 6.07) is 20.4. The molecule has 3 amide bonds. The monoisotopic (exact) mass is 611 g/mol. The van der Waals surface area contributed by atoms with Crippen LogP contribution in [0.4, 0.5) is 10.8 Å². The fourth-order valence-electron chi connectivity index (χ4n) is 3.34. The number of anilines is 2. The van der Waals surface area contributed by atoms with Crippen LogP contribution in [0.3, 0.4) is 0 Å². The van der Waals surface area contributed by atoms with Gasteiger partial charge in [0.1, 0.15) is 10.7 Å². The second-order valence-corrected chi connectivity index (χ2v) is 11.8. The Labute approximate surface area is 249 Å². The molecule has 1 unspecified atom stereocenters. The normalized spacial score (nSPS) is 11.9. The minimum atomic E-state index is -0.546. The number of thioether (sulfide) groups is 1. The van der Waals surface area contributed by atoms with E-state index in [1.165, 1.54) is 29.2 Å². The van der Waals surface area contributed by atoms with Gasteiger partial charge in [0.25, 0.3) is 11.8 Å². The highest BCUT2D eigenvalue weighted by molar-refractivity contribution is 8.00. The third-order valence-corrected chi connectivity index (χ3v) is 7.77. The molecule has 3 aromatic carbocycles. The molecule has 0 spiro atoms. The molecule has 12 heteroatoms. The lowest BCUT2D eigenvalue weighted by Gasteiger charge is -2.13. The van der Waals surface area contributed by atoms with E-state index in [1.54, 1.807) is 79.7 Å². The fourth-order valence-corrected chi connectivity index (χ4v) is 5.27. The van der Waals surface area contributed by atoms with E-state index in [0.717, 1.165) is 9.90 Å². The number of carbonyl (C=O) groups excluding carboxylic acids is 3. The zero-order chi connectivity index (χ0) is 28.6. The summed E-state index contributed by atoms with van der Waals surface area (Å²) in [5, 5.41) is 17.6. The summed E-state index contributed by atoms with van der Waals surface area (Å²) >= 11 is 15.0. The number of carbonyl (C=O) groups is 3. The highest BCUT2D eigenvalue weighted by atomic mass is 35.5. The summed E-state index contributed by atoms with van der Waals surface area (Å²) in [6.07, 6.45) is 1.48. The molecule has 0 radical (unpaired) electrons. The van der Waals surface area contributed by atoms with Crippen LogP contribution in [0, 0.1) is 6.92 Å². The van der Waals surface area contributed by atoms with Crippen molar-refractivity contribution in [2.75, 3.05) is 10.6 Å². The van der Waals surface area contributed by atoms with Crippen molar-refractivity contribution >= 4 is 80.9 Å². The lowest BCUT2D eigenvalue weighted by molar-refractivity contribution is -0.115. The Kier molecular flexibility index (Phi) is 9.94. The fraction of sp³-hybridized carbons (Fsp3) is 0.107. The standard InChI is InChI=1S/C28H23Cl2N5O3S2/c1-16(25(36)33-28-35-34-17(2)40-28)39-22-12-10-21(11-13-22)31-27(38)24(14-19-8-9-20(29)15-23(19)30)32-26(37)18-6-4-3-5-7-18/h3-16H,1-2H3,(H,31,38)(H,32,37)(H,33,35,36)/b24-14-. The number of nitrogens with one attached hydrogen (secondary N) is 3. The second kappa shape index (κ2) is 13.6. The van der Waals surface area contributed by atoms with Gasteiger partial charge in [0, 0.05) is 26.2 Å². The second-order valence-electron chi connectivity index (χ2n) is 8.40. The maximum Gasteiger partial charge on any atom is 0.272 e. The maximum absolute atomic E-state index is 13.3. The smallest absolute Gasteiger partial charge is 0.272 e. The summed E-state index contributed by atoms with van der Waals surface area (Å²) in [6.45, 7) is 3.60. The summed E-state index contributed by atoms with van der Waals surface area (Å²) in [4.78, 5) is 39.4. The number of benzene rings is 3. The first-order chi connectivity index (χ1) is 19.2.